The van der Waals surface area contributed by atoms with Gasteiger partial charge in [0.25, 0.3) is 0 Å². The lowest BCUT2D eigenvalue weighted by molar-refractivity contribution is 0.0524. The molecule has 0 aromatic carbocycles. The first-order chi connectivity index (χ1) is 8.20. The third-order valence-corrected chi connectivity index (χ3v) is 3.01. The molecule has 0 saturated carbocycles. The molecule has 90 valence electrons. The summed E-state index contributed by atoms with van der Waals surface area (Å²) in [6.45, 7) is 6.26. The van der Waals surface area contributed by atoms with Crippen LogP contribution in [0.5, 0.6) is 0 Å². The smallest absolute Gasteiger partial charge is 0.340 e. The Morgan fingerprint density at radius 1 is 1.35 bits per heavy atom. The fourth-order valence-corrected chi connectivity index (χ4v) is 2.27. The Kier molecular flexibility index (Phi) is 3.18. The first kappa shape index (κ1) is 11.7. The molecule has 0 atom stereocenters. The summed E-state index contributed by atoms with van der Waals surface area (Å²) < 4.78 is 7.20. The van der Waals surface area contributed by atoms with Gasteiger partial charge in [0.15, 0.2) is 0 Å². The number of ether oxygens (including phenoxy) is 1. The Morgan fingerprint density at radius 2 is 2.12 bits per heavy atom. The number of carbonyl (C=O) groups is 1. The average Bonchev–Trinajstić information content (AvgIpc) is 2.63. The van der Waals surface area contributed by atoms with Crippen molar-refractivity contribution < 1.29 is 9.53 Å². The highest BCUT2D eigenvalue weighted by Crippen LogP contribution is 2.24. The zero-order chi connectivity index (χ0) is 12.4. The minimum absolute atomic E-state index is 0.217. The number of fused-ring (bicyclic) bond motifs is 1. The number of pyridine rings is 1. The van der Waals surface area contributed by atoms with Gasteiger partial charge < -0.3 is 9.14 Å². The molecule has 2 heterocycles. The van der Waals surface area contributed by atoms with Crippen LogP contribution in [0.25, 0.3) is 5.52 Å². The largest absolute Gasteiger partial charge is 0.462 e. The highest BCUT2D eigenvalue weighted by Gasteiger charge is 2.20. The molecule has 0 aliphatic heterocycles. The van der Waals surface area contributed by atoms with Gasteiger partial charge in [-0.15, -0.1) is 0 Å². The number of aryl methyl sites for hydroxylation is 2. The Balaban J connectivity index is 2.69. The van der Waals surface area contributed by atoms with Gasteiger partial charge in [-0.05, 0) is 38.0 Å². The van der Waals surface area contributed by atoms with Crippen molar-refractivity contribution in [2.75, 3.05) is 6.61 Å². The molecule has 2 aromatic heterocycles. The number of rotatable bonds is 3. The molecule has 0 spiro atoms. The van der Waals surface area contributed by atoms with E-state index >= 15 is 0 Å². The second-order valence-corrected chi connectivity index (χ2v) is 3.98. The van der Waals surface area contributed by atoms with Gasteiger partial charge in [-0.1, -0.05) is 13.0 Å². The Hall–Kier alpha value is -1.77. The molecule has 0 amide bonds. The van der Waals surface area contributed by atoms with Crippen LogP contribution in [0.1, 0.15) is 35.5 Å². The van der Waals surface area contributed by atoms with E-state index in [1.807, 2.05) is 38.2 Å². The Morgan fingerprint density at radius 3 is 2.76 bits per heavy atom. The molecule has 0 aliphatic rings. The quantitative estimate of drug-likeness (QED) is 0.760. The van der Waals surface area contributed by atoms with Crippen LogP contribution in [0.4, 0.5) is 0 Å². The molecule has 0 unspecified atom stereocenters. The van der Waals surface area contributed by atoms with Crippen LogP contribution in [0.15, 0.2) is 24.4 Å². The van der Waals surface area contributed by atoms with Gasteiger partial charge in [0, 0.05) is 17.4 Å². The van der Waals surface area contributed by atoms with Gasteiger partial charge in [0.1, 0.15) is 0 Å². The second-order valence-electron chi connectivity index (χ2n) is 3.98. The number of aromatic nitrogens is 1. The van der Waals surface area contributed by atoms with E-state index in [4.69, 9.17) is 4.74 Å². The molecule has 0 N–H and O–H groups in total. The van der Waals surface area contributed by atoms with Crippen LogP contribution in [0.3, 0.4) is 0 Å². The van der Waals surface area contributed by atoms with Crippen molar-refractivity contribution in [1.82, 2.24) is 4.40 Å². The summed E-state index contributed by atoms with van der Waals surface area (Å²) in [6, 6.07) is 5.98. The first-order valence-corrected chi connectivity index (χ1v) is 5.96. The van der Waals surface area contributed by atoms with Gasteiger partial charge in [-0.3, -0.25) is 0 Å². The predicted octanol–water partition coefficient (Wildman–Crippen LogP) is 2.99. The van der Waals surface area contributed by atoms with Crippen LogP contribution in [0, 0.1) is 6.92 Å². The monoisotopic (exact) mass is 231 g/mol. The molecule has 0 saturated heterocycles. The van der Waals surface area contributed by atoms with Crippen molar-refractivity contribution in [3.63, 3.8) is 0 Å². The number of nitrogens with zero attached hydrogens (tertiary/aromatic N) is 1. The van der Waals surface area contributed by atoms with Crippen LogP contribution in [0.2, 0.25) is 0 Å². The fraction of sp³-hybridized carbons (Fsp3) is 0.357. The van der Waals surface area contributed by atoms with Crippen molar-refractivity contribution >= 4 is 11.5 Å². The van der Waals surface area contributed by atoms with Crippen molar-refractivity contribution in [3.8, 4) is 0 Å². The van der Waals surface area contributed by atoms with E-state index in [0.717, 1.165) is 28.8 Å². The predicted molar refractivity (Wildman–Crippen MR) is 67.5 cm³/mol. The van der Waals surface area contributed by atoms with Crippen LogP contribution < -0.4 is 0 Å². The molecular weight excluding hydrogens is 214 g/mol. The molecule has 0 bridgehead atoms. The van der Waals surface area contributed by atoms with Crippen LogP contribution in [-0.2, 0) is 11.2 Å². The van der Waals surface area contributed by atoms with Gasteiger partial charge >= 0.3 is 5.97 Å². The van der Waals surface area contributed by atoms with Crippen molar-refractivity contribution in [2.45, 2.75) is 27.2 Å². The lowest BCUT2D eigenvalue weighted by Gasteiger charge is -2.04. The summed E-state index contributed by atoms with van der Waals surface area (Å²) in [4.78, 5) is 12.0. The molecule has 3 nitrogen and oxygen atoms in total. The maximum absolute atomic E-state index is 12.0. The van der Waals surface area contributed by atoms with Crippen molar-refractivity contribution in [1.29, 1.82) is 0 Å². The third kappa shape index (κ3) is 1.82. The maximum Gasteiger partial charge on any atom is 0.340 e. The average molecular weight is 231 g/mol. The summed E-state index contributed by atoms with van der Waals surface area (Å²) in [5, 5.41) is 0. The van der Waals surface area contributed by atoms with Crippen molar-refractivity contribution in [3.05, 3.63) is 41.2 Å². The van der Waals surface area contributed by atoms with Crippen LogP contribution >= 0.6 is 0 Å². The highest BCUT2D eigenvalue weighted by molar-refractivity contribution is 5.95. The van der Waals surface area contributed by atoms with Gasteiger partial charge in [-0.25, -0.2) is 4.79 Å². The van der Waals surface area contributed by atoms with E-state index in [-0.39, 0.29) is 5.97 Å². The van der Waals surface area contributed by atoms with E-state index in [9.17, 15) is 4.79 Å². The van der Waals surface area contributed by atoms with E-state index in [0.29, 0.717) is 6.61 Å². The van der Waals surface area contributed by atoms with E-state index in [1.54, 1.807) is 0 Å². The second kappa shape index (κ2) is 4.62. The molecule has 2 aromatic rings. The summed E-state index contributed by atoms with van der Waals surface area (Å²) in [6.07, 6.45) is 2.80. The number of carbonyl (C=O) groups excluding carboxylic acids is 1. The van der Waals surface area contributed by atoms with E-state index in [2.05, 4.69) is 11.3 Å². The third-order valence-electron chi connectivity index (χ3n) is 3.01. The van der Waals surface area contributed by atoms with Gasteiger partial charge in [0.2, 0.25) is 0 Å². The molecule has 2 rings (SSSR count). The number of hydrogen-bond donors (Lipinski definition) is 0. The molecule has 0 aliphatic carbocycles. The standard InChI is InChI=1S/C14H17NO2/c1-4-11-13(14(16)17-5-2)10(3)12-8-6-7-9-15(11)12/h6-9H,4-5H2,1-3H3. The number of esters is 1. The van der Waals surface area contributed by atoms with Gasteiger partial charge in [-0.2, -0.15) is 0 Å². The maximum atomic E-state index is 12.0. The summed E-state index contributed by atoms with van der Waals surface area (Å²) in [5.74, 6) is -0.217. The number of hydrogen-bond acceptors (Lipinski definition) is 2. The minimum atomic E-state index is -0.217. The first-order valence-electron chi connectivity index (χ1n) is 5.96. The molecular formula is C14H17NO2. The highest BCUT2D eigenvalue weighted by atomic mass is 16.5. The minimum Gasteiger partial charge on any atom is -0.462 e. The summed E-state index contributed by atoms with van der Waals surface area (Å²) in [7, 11) is 0. The summed E-state index contributed by atoms with van der Waals surface area (Å²) in [5.41, 5.74) is 3.82. The zero-order valence-electron chi connectivity index (χ0n) is 10.5. The lowest BCUT2D eigenvalue weighted by atomic mass is 10.1. The molecule has 0 fully saturated rings. The lowest BCUT2D eigenvalue weighted by Crippen LogP contribution is -2.08. The van der Waals surface area contributed by atoms with Crippen LogP contribution in [-0.4, -0.2) is 17.0 Å². The van der Waals surface area contributed by atoms with E-state index < -0.39 is 0 Å². The summed E-state index contributed by atoms with van der Waals surface area (Å²) >= 11 is 0. The zero-order valence-corrected chi connectivity index (χ0v) is 10.5. The van der Waals surface area contributed by atoms with Gasteiger partial charge in [0.05, 0.1) is 12.2 Å². The normalized spacial score (nSPS) is 10.8. The topological polar surface area (TPSA) is 30.7 Å². The molecule has 17 heavy (non-hydrogen) atoms. The Bertz CT molecular complexity index is 555. The Labute approximate surface area is 101 Å². The SMILES string of the molecule is CCOC(=O)c1c(C)c2ccccn2c1CC. The van der Waals surface area contributed by atoms with Crippen molar-refractivity contribution in [2.24, 2.45) is 0 Å². The molecule has 3 heteroatoms. The fourth-order valence-electron chi connectivity index (χ4n) is 2.27. The molecule has 0 radical (unpaired) electrons. The van der Waals surface area contributed by atoms with E-state index in [1.165, 1.54) is 0 Å².